The number of nitrogens with one attached hydrogen (secondary N) is 1. The van der Waals surface area contributed by atoms with Gasteiger partial charge < -0.3 is 10.4 Å². The lowest BCUT2D eigenvalue weighted by atomic mass is 9.76. The van der Waals surface area contributed by atoms with Crippen molar-refractivity contribution in [3.05, 3.63) is 29.0 Å². The first-order valence-electron chi connectivity index (χ1n) is 6.17. The minimum Gasteiger partial charge on any atom is -0.389 e. The van der Waals surface area contributed by atoms with Crippen LogP contribution in [0.3, 0.4) is 0 Å². The molecule has 1 aromatic heterocycles. The number of nitrogens with zero attached hydrogens (tertiary/aromatic N) is 1. The Bertz CT molecular complexity index is 385. The first-order chi connectivity index (χ1) is 8.15. The molecule has 17 heavy (non-hydrogen) atoms. The molecule has 2 atom stereocenters. The Morgan fingerprint density at radius 2 is 2.47 bits per heavy atom. The lowest BCUT2D eigenvalue weighted by molar-refractivity contribution is -0.0414. The Morgan fingerprint density at radius 3 is 3.18 bits per heavy atom. The van der Waals surface area contributed by atoms with Crippen molar-refractivity contribution in [1.82, 2.24) is 10.3 Å². The van der Waals surface area contributed by atoms with Gasteiger partial charge in [0.2, 0.25) is 0 Å². The molecule has 1 aliphatic rings. The van der Waals surface area contributed by atoms with E-state index in [2.05, 4.69) is 17.2 Å². The fourth-order valence-electron chi connectivity index (χ4n) is 2.61. The molecule has 2 heterocycles. The van der Waals surface area contributed by atoms with Gasteiger partial charge in [0, 0.05) is 31.3 Å². The van der Waals surface area contributed by atoms with E-state index >= 15 is 0 Å². The van der Waals surface area contributed by atoms with Crippen molar-refractivity contribution < 1.29 is 5.11 Å². The number of rotatable bonds is 3. The van der Waals surface area contributed by atoms with Crippen LogP contribution in [0.15, 0.2) is 18.5 Å². The lowest BCUT2D eigenvalue weighted by Gasteiger charge is -2.40. The van der Waals surface area contributed by atoms with Gasteiger partial charge in [0.25, 0.3) is 0 Å². The van der Waals surface area contributed by atoms with Crippen LogP contribution in [0.5, 0.6) is 0 Å². The zero-order valence-electron chi connectivity index (χ0n) is 10.1. The van der Waals surface area contributed by atoms with E-state index in [0.29, 0.717) is 17.4 Å². The smallest absolute Gasteiger partial charge is 0.0740 e. The van der Waals surface area contributed by atoms with Gasteiger partial charge in [-0.05, 0) is 31.0 Å². The predicted molar refractivity (Wildman–Crippen MR) is 69.2 cm³/mol. The standard InChI is InChI=1S/C13H19ClN2O/c1-2-11-8-16-6-4-13(11,17)7-10-3-5-15-9-12(10)14/h3,5,9,11,16-17H,2,4,6-8H2,1H3. The third kappa shape index (κ3) is 2.79. The van der Waals surface area contributed by atoms with Crippen LogP contribution in [0, 0.1) is 5.92 Å². The predicted octanol–water partition coefficient (Wildman–Crippen LogP) is 2.03. The monoisotopic (exact) mass is 254 g/mol. The van der Waals surface area contributed by atoms with Gasteiger partial charge in [0.15, 0.2) is 0 Å². The minimum absolute atomic E-state index is 0.292. The fourth-order valence-corrected chi connectivity index (χ4v) is 2.80. The number of hydrogen-bond donors (Lipinski definition) is 2. The summed E-state index contributed by atoms with van der Waals surface area (Å²) in [4.78, 5) is 3.97. The molecule has 0 aromatic carbocycles. The van der Waals surface area contributed by atoms with Gasteiger partial charge in [-0.3, -0.25) is 4.98 Å². The maximum absolute atomic E-state index is 10.8. The highest BCUT2D eigenvalue weighted by atomic mass is 35.5. The van der Waals surface area contributed by atoms with Crippen molar-refractivity contribution in [2.24, 2.45) is 5.92 Å². The molecule has 0 saturated carbocycles. The maximum Gasteiger partial charge on any atom is 0.0740 e. The minimum atomic E-state index is -0.634. The number of pyridine rings is 1. The third-order valence-corrected chi connectivity index (χ3v) is 4.07. The second-order valence-corrected chi connectivity index (χ2v) is 5.21. The molecule has 2 unspecified atom stereocenters. The van der Waals surface area contributed by atoms with E-state index in [9.17, 15) is 5.11 Å². The molecular formula is C13H19ClN2O. The summed E-state index contributed by atoms with van der Waals surface area (Å²) in [5, 5.41) is 14.8. The van der Waals surface area contributed by atoms with Crippen LogP contribution in [0.25, 0.3) is 0 Å². The summed E-state index contributed by atoms with van der Waals surface area (Å²) in [5.41, 5.74) is 0.356. The van der Waals surface area contributed by atoms with Crippen molar-refractivity contribution in [2.75, 3.05) is 13.1 Å². The summed E-state index contributed by atoms with van der Waals surface area (Å²) in [6.45, 7) is 3.88. The zero-order valence-corrected chi connectivity index (χ0v) is 10.9. The molecule has 0 radical (unpaired) electrons. The summed E-state index contributed by atoms with van der Waals surface area (Å²) in [6, 6.07) is 1.90. The van der Waals surface area contributed by atoms with Crippen LogP contribution in [0.1, 0.15) is 25.3 Å². The zero-order chi connectivity index (χ0) is 12.3. The molecule has 0 aliphatic carbocycles. The maximum atomic E-state index is 10.8. The molecule has 1 fully saturated rings. The average Bonchev–Trinajstić information content (AvgIpc) is 2.32. The quantitative estimate of drug-likeness (QED) is 0.868. The lowest BCUT2D eigenvalue weighted by Crippen LogP contribution is -2.51. The molecular weight excluding hydrogens is 236 g/mol. The molecule has 1 aromatic rings. The summed E-state index contributed by atoms with van der Waals surface area (Å²) >= 11 is 6.11. The Hall–Kier alpha value is -0.640. The SMILES string of the molecule is CCC1CNCCC1(O)Cc1ccncc1Cl. The van der Waals surface area contributed by atoms with Crippen molar-refractivity contribution in [1.29, 1.82) is 0 Å². The Morgan fingerprint density at radius 1 is 1.65 bits per heavy atom. The van der Waals surface area contributed by atoms with Gasteiger partial charge in [-0.25, -0.2) is 0 Å². The van der Waals surface area contributed by atoms with E-state index in [0.717, 1.165) is 31.5 Å². The van der Waals surface area contributed by atoms with E-state index in [1.165, 1.54) is 0 Å². The van der Waals surface area contributed by atoms with Crippen molar-refractivity contribution in [3.63, 3.8) is 0 Å². The highest BCUT2D eigenvalue weighted by Gasteiger charge is 2.38. The molecule has 4 heteroatoms. The fraction of sp³-hybridized carbons (Fsp3) is 0.615. The first kappa shape index (κ1) is 12.8. The van der Waals surface area contributed by atoms with Gasteiger partial charge in [-0.1, -0.05) is 18.5 Å². The van der Waals surface area contributed by atoms with Gasteiger partial charge in [-0.2, -0.15) is 0 Å². The van der Waals surface area contributed by atoms with Gasteiger partial charge in [0.05, 0.1) is 10.6 Å². The Labute approximate surface area is 107 Å². The molecule has 1 aliphatic heterocycles. The van der Waals surface area contributed by atoms with Crippen LogP contribution in [0.4, 0.5) is 0 Å². The number of aromatic nitrogens is 1. The van der Waals surface area contributed by atoms with E-state index < -0.39 is 5.60 Å². The first-order valence-corrected chi connectivity index (χ1v) is 6.55. The van der Waals surface area contributed by atoms with Crippen molar-refractivity contribution >= 4 is 11.6 Å². The van der Waals surface area contributed by atoms with Crippen LogP contribution < -0.4 is 5.32 Å². The summed E-state index contributed by atoms with van der Waals surface area (Å²) in [6.07, 6.45) is 5.75. The Kier molecular flexibility index (Phi) is 4.02. The summed E-state index contributed by atoms with van der Waals surface area (Å²) in [7, 11) is 0. The molecule has 0 spiro atoms. The summed E-state index contributed by atoms with van der Waals surface area (Å²) < 4.78 is 0. The number of hydrogen-bond acceptors (Lipinski definition) is 3. The summed E-state index contributed by atoms with van der Waals surface area (Å²) in [5.74, 6) is 0.292. The average molecular weight is 255 g/mol. The number of halogens is 1. The molecule has 0 bridgehead atoms. The molecule has 1 saturated heterocycles. The number of aliphatic hydroxyl groups is 1. The molecule has 2 rings (SSSR count). The van der Waals surface area contributed by atoms with Crippen molar-refractivity contribution in [2.45, 2.75) is 31.8 Å². The molecule has 94 valence electrons. The van der Waals surface area contributed by atoms with Crippen LogP contribution in [-0.2, 0) is 6.42 Å². The molecule has 3 nitrogen and oxygen atoms in total. The van der Waals surface area contributed by atoms with Gasteiger partial charge in [-0.15, -0.1) is 0 Å². The molecule has 0 amide bonds. The molecule has 2 N–H and O–H groups in total. The van der Waals surface area contributed by atoms with Crippen LogP contribution in [0.2, 0.25) is 5.02 Å². The van der Waals surface area contributed by atoms with Gasteiger partial charge >= 0.3 is 0 Å². The van der Waals surface area contributed by atoms with Gasteiger partial charge in [0.1, 0.15) is 0 Å². The van der Waals surface area contributed by atoms with Crippen LogP contribution in [-0.4, -0.2) is 28.8 Å². The van der Waals surface area contributed by atoms with Crippen molar-refractivity contribution in [3.8, 4) is 0 Å². The third-order valence-electron chi connectivity index (χ3n) is 3.73. The largest absolute Gasteiger partial charge is 0.389 e. The van der Waals surface area contributed by atoms with Crippen LogP contribution >= 0.6 is 11.6 Å². The second-order valence-electron chi connectivity index (χ2n) is 4.81. The normalized spacial score (nSPS) is 29.2. The van der Waals surface area contributed by atoms with E-state index in [1.54, 1.807) is 12.4 Å². The highest BCUT2D eigenvalue weighted by molar-refractivity contribution is 6.31. The topological polar surface area (TPSA) is 45.1 Å². The van der Waals surface area contributed by atoms with E-state index in [4.69, 9.17) is 11.6 Å². The Balaban J connectivity index is 2.18. The van der Waals surface area contributed by atoms with E-state index in [-0.39, 0.29) is 0 Å². The highest BCUT2D eigenvalue weighted by Crippen LogP contribution is 2.32. The number of piperidine rings is 1. The second kappa shape index (κ2) is 5.34. The van der Waals surface area contributed by atoms with E-state index in [1.807, 2.05) is 6.07 Å².